The lowest BCUT2D eigenvalue weighted by Crippen LogP contribution is -2.45. The molecule has 6 rings (SSSR count). The first kappa shape index (κ1) is 28.8. The van der Waals surface area contributed by atoms with Gasteiger partial charge in [0.05, 0.1) is 6.54 Å². The second kappa shape index (κ2) is 11.1. The van der Waals surface area contributed by atoms with Crippen molar-refractivity contribution < 1.29 is 13.2 Å². The van der Waals surface area contributed by atoms with Crippen molar-refractivity contribution in [2.45, 2.75) is 64.3 Å². The van der Waals surface area contributed by atoms with Crippen LogP contribution in [0.3, 0.4) is 0 Å². The molecule has 1 atom stereocenters. The molecule has 4 N–H and O–H groups in total. The zero-order valence-electron chi connectivity index (χ0n) is 24.7. The minimum atomic E-state index is -3.86. The Morgan fingerprint density at radius 1 is 1.12 bits per heavy atom. The largest absolute Gasteiger partial charge is 0.491 e. The number of aryl methyl sites for hydroxylation is 1. The van der Waals surface area contributed by atoms with Gasteiger partial charge in [-0.05, 0) is 73.2 Å². The van der Waals surface area contributed by atoms with E-state index in [1.807, 2.05) is 12.1 Å². The number of benzene rings is 1. The molecular formula is C31H41N7O3S. The molecule has 3 aromatic rings. The third-order valence-corrected chi connectivity index (χ3v) is 10.4. The fraction of sp³-hybridized carbons (Fsp3) is 0.516. The van der Waals surface area contributed by atoms with Crippen molar-refractivity contribution in [3.05, 3.63) is 53.6 Å². The number of hydrogen-bond donors (Lipinski definition) is 3. The van der Waals surface area contributed by atoms with E-state index in [1.165, 1.54) is 5.56 Å². The van der Waals surface area contributed by atoms with Gasteiger partial charge in [-0.3, -0.25) is 0 Å². The maximum absolute atomic E-state index is 13.4. The number of piperidine rings is 1. The first-order valence-corrected chi connectivity index (χ1v) is 16.3. The quantitative estimate of drug-likeness (QED) is 0.392. The fourth-order valence-corrected chi connectivity index (χ4v) is 7.63. The second-order valence-corrected chi connectivity index (χ2v) is 14.8. The zero-order chi connectivity index (χ0) is 29.5. The molecule has 4 heterocycles. The summed E-state index contributed by atoms with van der Waals surface area (Å²) in [5.74, 6) is 1.78. The number of aromatic nitrogens is 3. The van der Waals surface area contributed by atoms with E-state index in [1.54, 1.807) is 18.6 Å². The Hall–Kier alpha value is -3.28. The molecule has 1 aliphatic carbocycles. The Balaban J connectivity index is 1.27. The molecule has 0 radical (unpaired) electrons. The predicted octanol–water partition coefficient (Wildman–Crippen LogP) is 3.70. The number of rotatable bonds is 6. The van der Waals surface area contributed by atoms with Crippen molar-refractivity contribution in [2.24, 2.45) is 10.8 Å². The molecule has 42 heavy (non-hydrogen) atoms. The van der Waals surface area contributed by atoms with E-state index >= 15 is 0 Å². The maximum Gasteiger partial charge on any atom is 0.244 e. The summed E-state index contributed by atoms with van der Waals surface area (Å²) in [6.07, 6.45) is 8.31. The highest BCUT2D eigenvalue weighted by Crippen LogP contribution is 2.39. The van der Waals surface area contributed by atoms with Crippen LogP contribution >= 0.6 is 0 Å². The molecule has 11 heteroatoms. The molecule has 1 aromatic carbocycles. The molecule has 1 saturated heterocycles. The van der Waals surface area contributed by atoms with Crippen LogP contribution in [0.25, 0.3) is 11.1 Å². The maximum atomic E-state index is 13.4. The third-order valence-electron chi connectivity index (χ3n) is 8.93. The average molecular weight is 592 g/mol. The Bertz CT molecular complexity index is 1590. The van der Waals surface area contributed by atoms with Crippen molar-refractivity contribution in [3.63, 3.8) is 0 Å². The normalized spacial score (nSPS) is 22.0. The molecular weight excluding hydrogens is 550 g/mol. The number of nitrogens with two attached hydrogens (primary N) is 1. The Morgan fingerprint density at radius 3 is 2.79 bits per heavy atom. The van der Waals surface area contributed by atoms with Crippen LogP contribution in [0, 0.1) is 10.8 Å². The number of sulfonamides is 1. The van der Waals surface area contributed by atoms with Gasteiger partial charge in [0.25, 0.3) is 0 Å². The van der Waals surface area contributed by atoms with Gasteiger partial charge in [0, 0.05) is 48.2 Å². The number of fused-ring (bicyclic) bond motifs is 2. The summed E-state index contributed by atoms with van der Waals surface area (Å²) in [7, 11) is -3.86. The molecule has 10 nitrogen and oxygen atoms in total. The minimum Gasteiger partial charge on any atom is -0.491 e. The lowest BCUT2D eigenvalue weighted by atomic mass is 9.76. The van der Waals surface area contributed by atoms with E-state index in [9.17, 15) is 8.42 Å². The van der Waals surface area contributed by atoms with E-state index in [4.69, 9.17) is 15.5 Å². The van der Waals surface area contributed by atoms with Gasteiger partial charge in [-0.1, -0.05) is 26.8 Å². The molecule has 0 amide bonds. The molecule has 2 aromatic heterocycles. The third kappa shape index (κ3) is 5.95. The van der Waals surface area contributed by atoms with E-state index in [0.29, 0.717) is 31.8 Å². The smallest absolute Gasteiger partial charge is 0.244 e. The number of nitrogens with zero attached hydrogens (tertiary/aromatic N) is 4. The van der Waals surface area contributed by atoms with E-state index in [2.05, 4.69) is 51.7 Å². The van der Waals surface area contributed by atoms with Crippen molar-refractivity contribution >= 4 is 21.7 Å². The van der Waals surface area contributed by atoms with Crippen molar-refractivity contribution in [2.75, 3.05) is 43.4 Å². The molecule has 0 bridgehead atoms. The molecule has 224 valence electrons. The highest BCUT2D eigenvalue weighted by molar-refractivity contribution is 7.89. The van der Waals surface area contributed by atoms with Gasteiger partial charge >= 0.3 is 0 Å². The lowest BCUT2D eigenvalue weighted by molar-refractivity contribution is 0.238. The molecule has 0 spiro atoms. The first-order chi connectivity index (χ1) is 20.0. The molecule has 3 aliphatic rings. The topological polar surface area (TPSA) is 135 Å². The highest BCUT2D eigenvalue weighted by Gasteiger charge is 2.32. The predicted molar refractivity (Wildman–Crippen MR) is 164 cm³/mol. The first-order valence-electron chi connectivity index (χ1n) is 14.8. The van der Waals surface area contributed by atoms with E-state index in [0.717, 1.165) is 73.6 Å². The average Bonchev–Trinajstić information content (AvgIpc) is 3.18. The summed E-state index contributed by atoms with van der Waals surface area (Å²) in [6.45, 7) is 10.6. The van der Waals surface area contributed by atoms with Gasteiger partial charge in [-0.25, -0.2) is 28.1 Å². The number of ether oxygens (including phenoxy) is 1. The zero-order valence-corrected chi connectivity index (χ0v) is 25.6. The van der Waals surface area contributed by atoms with Crippen LogP contribution in [0.4, 0.5) is 11.6 Å². The van der Waals surface area contributed by atoms with Crippen molar-refractivity contribution in [3.8, 4) is 16.9 Å². The van der Waals surface area contributed by atoms with Crippen LogP contribution in [-0.2, 0) is 29.4 Å². The Labute approximate surface area is 248 Å². The van der Waals surface area contributed by atoms with Gasteiger partial charge < -0.3 is 20.7 Å². The van der Waals surface area contributed by atoms with Crippen LogP contribution in [0.5, 0.6) is 5.75 Å². The van der Waals surface area contributed by atoms with Crippen LogP contribution in [-0.4, -0.2) is 56.2 Å². The summed E-state index contributed by atoms with van der Waals surface area (Å²) < 4.78 is 35.7. The standard InChI is InChI=1S/C31H41N7O3S/c1-30(2)9-7-25-24(15-30)29(36-20-35-25)38-11-12-41-26-6-5-21(13-23(26)17-38)22-14-27(28(32)34-16-22)42(39,40)37-19-31(3)8-4-10-33-18-31/h5-6,13-14,16,20,33,37H,4,7-12,15,17-19H2,1-3H3,(H2,32,34)/t31-/m0/s1. The summed E-state index contributed by atoms with van der Waals surface area (Å²) in [6, 6.07) is 7.56. The number of nitrogen functional groups attached to an aromatic ring is 1. The molecule has 0 saturated carbocycles. The van der Waals surface area contributed by atoms with Crippen LogP contribution in [0.15, 0.2) is 41.7 Å². The van der Waals surface area contributed by atoms with Gasteiger partial charge in [-0.2, -0.15) is 0 Å². The summed E-state index contributed by atoms with van der Waals surface area (Å²) in [5, 5.41) is 3.36. The van der Waals surface area contributed by atoms with Gasteiger partial charge in [0.1, 0.15) is 35.2 Å². The molecule has 1 fully saturated rings. The second-order valence-electron chi connectivity index (χ2n) is 13.1. The number of nitrogens with one attached hydrogen (secondary N) is 2. The Morgan fingerprint density at radius 2 is 1.98 bits per heavy atom. The molecule has 2 aliphatic heterocycles. The highest BCUT2D eigenvalue weighted by atomic mass is 32.2. The van der Waals surface area contributed by atoms with Gasteiger partial charge in [0.15, 0.2) is 0 Å². The van der Waals surface area contributed by atoms with Gasteiger partial charge in [-0.15, -0.1) is 0 Å². The van der Waals surface area contributed by atoms with Gasteiger partial charge in [0.2, 0.25) is 10.0 Å². The van der Waals surface area contributed by atoms with Crippen LogP contribution in [0.1, 0.15) is 56.9 Å². The molecule has 0 unspecified atom stereocenters. The van der Waals surface area contributed by atoms with Crippen LogP contribution in [0.2, 0.25) is 0 Å². The Kier molecular flexibility index (Phi) is 7.61. The van der Waals surface area contributed by atoms with Crippen LogP contribution < -0.4 is 25.4 Å². The van der Waals surface area contributed by atoms with E-state index in [-0.39, 0.29) is 21.5 Å². The number of anilines is 2. The monoisotopic (exact) mass is 591 g/mol. The number of hydrogen-bond acceptors (Lipinski definition) is 9. The summed E-state index contributed by atoms with van der Waals surface area (Å²) in [5.41, 5.74) is 11.1. The SMILES string of the molecule is CC1(C)CCc2ncnc(N3CCOc4ccc(-c5cnc(N)c(S(=O)(=O)NC[C@@]6(C)CCCNC6)c5)cc4C3)c2C1. The number of pyridine rings is 1. The minimum absolute atomic E-state index is 0.00424. The lowest BCUT2D eigenvalue weighted by Gasteiger charge is -2.34. The fourth-order valence-electron chi connectivity index (χ4n) is 6.33. The van der Waals surface area contributed by atoms with Crippen molar-refractivity contribution in [1.82, 2.24) is 25.0 Å². The summed E-state index contributed by atoms with van der Waals surface area (Å²) >= 11 is 0. The van der Waals surface area contributed by atoms with E-state index < -0.39 is 10.0 Å². The van der Waals surface area contributed by atoms with Crippen molar-refractivity contribution in [1.29, 1.82) is 0 Å². The summed E-state index contributed by atoms with van der Waals surface area (Å²) in [4.78, 5) is 15.9.